The molecule has 0 N–H and O–H groups in total. The van der Waals surface area contributed by atoms with Crippen molar-refractivity contribution < 1.29 is 0 Å². The lowest BCUT2D eigenvalue weighted by atomic mass is 10.1. The molecule has 72 valence electrons. The van der Waals surface area contributed by atoms with Crippen LogP contribution in [0.25, 0.3) is 11.0 Å². The van der Waals surface area contributed by atoms with Gasteiger partial charge in [0.05, 0.1) is 5.52 Å². The van der Waals surface area contributed by atoms with E-state index in [-0.39, 0.29) is 0 Å². The summed E-state index contributed by atoms with van der Waals surface area (Å²) in [6.45, 7) is 2.09. The second-order valence-corrected chi connectivity index (χ2v) is 4.16. The molecule has 2 aromatic rings. The summed E-state index contributed by atoms with van der Waals surface area (Å²) in [6, 6.07) is 4.39. The first-order valence-corrected chi connectivity index (χ1v) is 5.06. The maximum atomic E-state index is 4.20. The molecule has 0 saturated heterocycles. The average molecular weight is 187 g/mol. The molecule has 0 radical (unpaired) electrons. The lowest BCUT2D eigenvalue weighted by molar-refractivity contribution is 0.733. The van der Waals surface area contributed by atoms with E-state index in [1.807, 2.05) is 11.7 Å². The monoisotopic (exact) mass is 187 g/mol. The zero-order valence-corrected chi connectivity index (χ0v) is 8.49. The third-order valence-electron chi connectivity index (χ3n) is 3.00. The van der Waals surface area contributed by atoms with Crippen LogP contribution < -0.4 is 0 Å². The first-order chi connectivity index (χ1) is 6.77. The zero-order chi connectivity index (χ0) is 9.71. The van der Waals surface area contributed by atoms with Gasteiger partial charge >= 0.3 is 0 Å². The fourth-order valence-electron chi connectivity index (χ4n) is 2.04. The van der Waals surface area contributed by atoms with Crippen molar-refractivity contribution in [1.29, 1.82) is 0 Å². The summed E-state index contributed by atoms with van der Waals surface area (Å²) in [7, 11) is 1.97. The molecule has 0 atom stereocenters. The molecular weight excluding hydrogens is 174 g/mol. The lowest BCUT2D eigenvalue weighted by Crippen LogP contribution is -1.93. The quantitative estimate of drug-likeness (QED) is 0.685. The van der Waals surface area contributed by atoms with Crippen molar-refractivity contribution in [3.8, 4) is 0 Å². The Kier molecular flexibility index (Phi) is 1.46. The first-order valence-electron chi connectivity index (χ1n) is 5.06. The Morgan fingerprint density at radius 3 is 2.86 bits per heavy atom. The van der Waals surface area contributed by atoms with Gasteiger partial charge in [0.15, 0.2) is 0 Å². The third-order valence-corrected chi connectivity index (χ3v) is 3.00. The topological polar surface area (TPSA) is 30.7 Å². The summed E-state index contributed by atoms with van der Waals surface area (Å²) in [5, 5.41) is 8.30. The molecule has 1 heterocycles. The Balaban J connectivity index is 2.38. The van der Waals surface area contributed by atoms with Crippen LogP contribution >= 0.6 is 0 Å². The number of rotatable bonds is 1. The number of hydrogen-bond acceptors (Lipinski definition) is 2. The number of fused-ring (bicyclic) bond motifs is 1. The van der Waals surface area contributed by atoms with E-state index in [1.165, 1.54) is 29.5 Å². The van der Waals surface area contributed by atoms with Crippen LogP contribution in [-0.2, 0) is 7.05 Å². The second kappa shape index (κ2) is 2.56. The zero-order valence-electron chi connectivity index (χ0n) is 8.49. The van der Waals surface area contributed by atoms with E-state index in [4.69, 9.17) is 0 Å². The number of nitrogens with zero attached hydrogens (tertiary/aromatic N) is 3. The molecule has 1 saturated carbocycles. The number of aryl methyl sites for hydroxylation is 2. The Morgan fingerprint density at radius 2 is 2.14 bits per heavy atom. The van der Waals surface area contributed by atoms with Crippen LogP contribution in [0.15, 0.2) is 12.1 Å². The highest BCUT2D eigenvalue weighted by Crippen LogP contribution is 2.42. The van der Waals surface area contributed by atoms with Gasteiger partial charge in [-0.25, -0.2) is 4.68 Å². The molecule has 3 rings (SSSR count). The number of hydrogen-bond donors (Lipinski definition) is 0. The Labute approximate surface area is 82.7 Å². The van der Waals surface area contributed by atoms with Crippen molar-refractivity contribution in [2.45, 2.75) is 25.7 Å². The molecule has 0 unspecified atom stereocenters. The molecule has 14 heavy (non-hydrogen) atoms. The van der Waals surface area contributed by atoms with Gasteiger partial charge in [0.25, 0.3) is 0 Å². The van der Waals surface area contributed by atoms with Crippen molar-refractivity contribution >= 4 is 11.0 Å². The van der Waals surface area contributed by atoms with E-state index in [2.05, 4.69) is 29.4 Å². The van der Waals surface area contributed by atoms with Gasteiger partial charge in [-0.1, -0.05) is 17.3 Å². The van der Waals surface area contributed by atoms with E-state index in [0.29, 0.717) is 0 Å². The summed E-state index contributed by atoms with van der Waals surface area (Å²) in [6.07, 6.45) is 2.65. The van der Waals surface area contributed by atoms with Crippen LogP contribution in [0, 0.1) is 6.92 Å². The van der Waals surface area contributed by atoms with Crippen molar-refractivity contribution in [2.75, 3.05) is 0 Å². The minimum atomic E-state index is 0.760. The van der Waals surface area contributed by atoms with Gasteiger partial charge in [0.1, 0.15) is 5.52 Å². The standard InChI is InChI=1S/C11H13N3/c1-7-3-6-9(8-4-5-8)11-10(7)12-13-14(11)2/h3,6,8H,4-5H2,1-2H3. The summed E-state index contributed by atoms with van der Waals surface area (Å²) in [4.78, 5) is 0. The largest absolute Gasteiger partial charge is 0.247 e. The summed E-state index contributed by atoms with van der Waals surface area (Å²) >= 11 is 0. The van der Waals surface area contributed by atoms with E-state index < -0.39 is 0 Å². The molecule has 0 bridgehead atoms. The van der Waals surface area contributed by atoms with Crippen LogP contribution in [0.4, 0.5) is 0 Å². The van der Waals surface area contributed by atoms with E-state index in [1.54, 1.807) is 0 Å². The van der Waals surface area contributed by atoms with Crippen molar-refractivity contribution in [1.82, 2.24) is 15.0 Å². The average Bonchev–Trinajstić information content (AvgIpc) is 2.93. The van der Waals surface area contributed by atoms with Gasteiger partial charge in [-0.05, 0) is 36.8 Å². The van der Waals surface area contributed by atoms with E-state index in [0.717, 1.165) is 11.4 Å². The number of benzene rings is 1. The molecule has 1 fully saturated rings. The predicted molar refractivity (Wildman–Crippen MR) is 55.2 cm³/mol. The molecular formula is C11H13N3. The maximum Gasteiger partial charge on any atom is 0.116 e. The predicted octanol–water partition coefficient (Wildman–Crippen LogP) is 2.15. The summed E-state index contributed by atoms with van der Waals surface area (Å²) < 4.78 is 1.90. The molecule has 1 aliphatic rings. The maximum absolute atomic E-state index is 4.20. The Bertz CT molecular complexity index is 494. The van der Waals surface area contributed by atoms with Gasteiger partial charge < -0.3 is 0 Å². The smallest absolute Gasteiger partial charge is 0.116 e. The van der Waals surface area contributed by atoms with Crippen LogP contribution in [0.3, 0.4) is 0 Å². The van der Waals surface area contributed by atoms with E-state index in [9.17, 15) is 0 Å². The van der Waals surface area contributed by atoms with E-state index >= 15 is 0 Å². The van der Waals surface area contributed by atoms with Crippen molar-refractivity contribution in [3.05, 3.63) is 23.3 Å². The van der Waals surface area contributed by atoms with Gasteiger partial charge in [0, 0.05) is 7.05 Å². The van der Waals surface area contributed by atoms with Gasteiger partial charge in [-0.2, -0.15) is 0 Å². The molecule has 0 aliphatic heterocycles. The fourth-order valence-corrected chi connectivity index (χ4v) is 2.04. The molecule has 1 aromatic carbocycles. The van der Waals surface area contributed by atoms with Crippen molar-refractivity contribution in [2.24, 2.45) is 7.05 Å². The molecule has 3 nitrogen and oxygen atoms in total. The minimum Gasteiger partial charge on any atom is -0.247 e. The third kappa shape index (κ3) is 0.983. The molecule has 0 spiro atoms. The van der Waals surface area contributed by atoms with Gasteiger partial charge in [-0.15, -0.1) is 5.10 Å². The molecule has 3 heteroatoms. The highest BCUT2D eigenvalue weighted by molar-refractivity contribution is 5.82. The fraction of sp³-hybridized carbons (Fsp3) is 0.455. The van der Waals surface area contributed by atoms with Crippen LogP contribution in [-0.4, -0.2) is 15.0 Å². The molecule has 1 aromatic heterocycles. The lowest BCUT2D eigenvalue weighted by Gasteiger charge is -2.03. The van der Waals surface area contributed by atoms with Crippen LogP contribution in [0.2, 0.25) is 0 Å². The minimum absolute atomic E-state index is 0.760. The highest BCUT2D eigenvalue weighted by atomic mass is 15.4. The van der Waals surface area contributed by atoms with Gasteiger partial charge in [-0.3, -0.25) is 0 Å². The first kappa shape index (κ1) is 7.97. The SMILES string of the molecule is Cc1ccc(C2CC2)c2c1nnn2C. The normalized spacial score (nSPS) is 16.4. The Hall–Kier alpha value is -1.38. The summed E-state index contributed by atoms with van der Waals surface area (Å²) in [5.74, 6) is 0.760. The Morgan fingerprint density at radius 1 is 1.36 bits per heavy atom. The number of aromatic nitrogens is 3. The van der Waals surface area contributed by atoms with Gasteiger partial charge in [0.2, 0.25) is 0 Å². The highest BCUT2D eigenvalue weighted by Gasteiger charge is 2.27. The van der Waals surface area contributed by atoms with Crippen LogP contribution in [0.5, 0.6) is 0 Å². The van der Waals surface area contributed by atoms with Crippen molar-refractivity contribution in [3.63, 3.8) is 0 Å². The summed E-state index contributed by atoms with van der Waals surface area (Å²) in [5.41, 5.74) is 4.94. The molecule has 1 aliphatic carbocycles. The second-order valence-electron chi connectivity index (χ2n) is 4.16. The molecule has 0 amide bonds. The van der Waals surface area contributed by atoms with Crippen LogP contribution in [0.1, 0.15) is 29.9 Å².